The van der Waals surface area contributed by atoms with Gasteiger partial charge in [0.2, 0.25) is 0 Å². The molecule has 1 amide bonds. The first-order chi connectivity index (χ1) is 10.8. The van der Waals surface area contributed by atoms with E-state index in [1.54, 1.807) is 0 Å². The van der Waals surface area contributed by atoms with Crippen LogP contribution >= 0.6 is 0 Å². The molecule has 3 saturated heterocycles. The first kappa shape index (κ1) is 12.7. The lowest BCUT2D eigenvalue weighted by atomic mass is 9.77. The Kier molecular flexibility index (Phi) is 2.51. The smallest absolute Gasteiger partial charge is 0.251 e. The zero-order valence-corrected chi connectivity index (χ0v) is 12.6. The normalized spacial score (nSPS) is 31.5. The first-order valence-corrected chi connectivity index (χ1v) is 8.39. The number of aromatic nitrogens is 1. The fourth-order valence-corrected chi connectivity index (χ4v) is 4.73. The fraction of sp³-hybridized carbons (Fsp3) is 0.500. The number of fused-ring (bicyclic) bond motifs is 3. The lowest BCUT2D eigenvalue weighted by Gasteiger charge is -2.52. The Labute approximate surface area is 129 Å². The number of aromatic amines is 1. The molecule has 1 spiro atoms. The molecule has 22 heavy (non-hydrogen) atoms. The maximum atomic E-state index is 12.7. The molecule has 1 aromatic heterocycles. The predicted octanol–water partition coefficient (Wildman–Crippen LogP) is 2.52. The van der Waals surface area contributed by atoms with E-state index < -0.39 is 0 Å². The SMILES string of the molecule is O=C(N[C@H]1C2CCN(CC2)C12CC2)c1ccc2cc[nH]c2c1. The highest BCUT2D eigenvalue weighted by Crippen LogP contribution is 2.53. The van der Waals surface area contributed by atoms with Crippen molar-refractivity contribution in [2.24, 2.45) is 5.92 Å². The van der Waals surface area contributed by atoms with E-state index in [1.807, 2.05) is 30.5 Å². The van der Waals surface area contributed by atoms with Crippen molar-refractivity contribution in [2.75, 3.05) is 13.1 Å². The number of amides is 1. The summed E-state index contributed by atoms with van der Waals surface area (Å²) in [5, 5.41) is 4.53. The first-order valence-electron chi connectivity index (χ1n) is 8.39. The van der Waals surface area contributed by atoms with E-state index in [0.29, 0.717) is 17.5 Å². The van der Waals surface area contributed by atoms with Gasteiger partial charge in [0.25, 0.3) is 5.91 Å². The number of hydrogen-bond donors (Lipinski definition) is 2. The summed E-state index contributed by atoms with van der Waals surface area (Å²) < 4.78 is 0. The highest BCUT2D eigenvalue weighted by Gasteiger charge is 2.60. The summed E-state index contributed by atoms with van der Waals surface area (Å²) in [5.41, 5.74) is 2.10. The Morgan fingerprint density at radius 1 is 1.23 bits per heavy atom. The molecular formula is C18H21N3O. The van der Waals surface area contributed by atoms with Gasteiger partial charge in [-0.2, -0.15) is 0 Å². The van der Waals surface area contributed by atoms with Gasteiger partial charge in [0.05, 0.1) is 6.04 Å². The number of nitrogens with one attached hydrogen (secondary N) is 2. The maximum absolute atomic E-state index is 12.7. The third kappa shape index (κ3) is 1.70. The zero-order chi connectivity index (χ0) is 14.7. The van der Waals surface area contributed by atoms with E-state index in [9.17, 15) is 4.79 Å². The van der Waals surface area contributed by atoms with E-state index >= 15 is 0 Å². The summed E-state index contributed by atoms with van der Waals surface area (Å²) in [6.45, 7) is 2.46. The number of piperidine rings is 3. The lowest BCUT2D eigenvalue weighted by molar-refractivity contribution is -0.00144. The molecule has 3 aliphatic heterocycles. The number of rotatable bonds is 2. The fourth-order valence-electron chi connectivity index (χ4n) is 4.73. The van der Waals surface area contributed by atoms with Crippen LogP contribution in [0.2, 0.25) is 0 Å². The van der Waals surface area contributed by atoms with Gasteiger partial charge in [0, 0.05) is 22.8 Å². The number of benzene rings is 1. The van der Waals surface area contributed by atoms with Crippen LogP contribution in [0.5, 0.6) is 0 Å². The highest BCUT2D eigenvalue weighted by molar-refractivity contribution is 5.98. The zero-order valence-electron chi connectivity index (χ0n) is 12.6. The van der Waals surface area contributed by atoms with Crippen LogP contribution < -0.4 is 5.32 Å². The van der Waals surface area contributed by atoms with Gasteiger partial charge < -0.3 is 10.3 Å². The second kappa shape index (κ2) is 4.35. The molecule has 4 heterocycles. The summed E-state index contributed by atoms with van der Waals surface area (Å²) in [6, 6.07) is 8.30. The molecule has 4 aliphatic rings. The van der Waals surface area contributed by atoms with E-state index in [1.165, 1.54) is 38.8 Å². The average molecular weight is 295 g/mol. The quantitative estimate of drug-likeness (QED) is 0.894. The molecule has 1 aliphatic carbocycles. The second-order valence-electron chi connectivity index (χ2n) is 7.16. The van der Waals surface area contributed by atoms with Gasteiger partial charge in [0.1, 0.15) is 0 Å². The molecule has 1 atom stereocenters. The number of carbonyl (C=O) groups excluding carboxylic acids is 1. The Morgan fingerprint density at radius 2 is 2.05 bits per heavy atom. The molecule has 1 saturated carbocycles. The van der Waals surface area contributed by atoms with E-state index in [-0.39, 0.29) is 5.91 Å². The number of H-pyrrole nitrogens is 1. The van der Waals surface area contributed by atoms with Crippen LogP contribution in [0.15, 0.2) is 30.5 Å². The summed E-state index contributed by atoms with van der Waals surface area (Å²) in [6.07, 6.45) is 6.90. The van der Waals surface area contributed by atoms with Crippen LogP contribution in [0.25, 0.3) is 10.9 Å². The molecule has 4 fully saturated rings. The van der Waals surface area contributed by atoms with Crippen molar-refractivity contribution >= 4 is 16.8 Å². The molecule has 114 valence electrons. The summed E-state index contributed by atoms with van der Waals surface area (Å²) in [4.78, 5) is 18.5. The number of nitrogens with zero attached hydrogens (tertiary/aromatic N) is 1. The molecular weight excluding hydrogens is 274 g/mol. The van der Waals surface area contributed by atoms with Crippen LogP contribution in [-0.4, -0.2) is 40.5 Å². The Hall–Kier alpha value is -1.81. The minimum absolute atomic E-state index is 0.0847. The number of carbonyl (C=O) groups is 1. The Bertz CT molecular complexity index is 738. The van der Waals surface area contributed by atoms with Crippen molar-refractivity contribution in [3.63, 3.8) is 0 Å². The lowest BCUT2D eigenvalue weighted by Crippen LogP contribution is -2.65. The Morgan fingerprint density at radius 3 is 2.82 bits per heavy atom. The van der Waals surface area contributed by atoms with Crippen molar-refractivity contribution in [2.45, 2.75) is 37.3 Å². The average Bonchev–Trinajstić information content (AvgIpc) is 3.18. The van der Waals surface area contributed by atoms with Gasteiger partial charge in [0.15, 0.2) is 0 Å². The highest BCUT2D eigenvalue weighted by atomic mass is 16.1. The third-order valence-electron chi connectivity index (χ3n) is 6.09. The van der Waals surface area contributed by atoms with Crippen LogP contribution in [0.4, 0.5) is 0 Å². The minimum Gasteiger partial charge on any atom is -0.361 e. The molecule has 2 aromatic rings. The van der Waals surface area contributed by atoms with Crippen LogP contribution in [-0.2, 0) is 0 Å². The van der Waals surface area contributed by atoms with Gasteiger partial charge in [-0.25, -0.2) is 0 Å². The van der Waals surface area contributed by atoms with Crippen molar-refractivity contribution in [1.29, 1.82) is 0 Å². The largest absolute Gasteiger partial charge is 0.361 e. The maximum Gasteiger partial charge on any atom is 0.251 e. The molecule has 1 aromatic carbocycles. The van der Waals surface area contributed by atoms with Gasteiger partial charge in [-0.05, 0) is 68.3 Å². The molecule has 4 heteroatoms. The molecule has 4 nitrogen and oxygen atoms in total. The van der Waals surface area contributed by atoms with Crippen molar-refractivity contribution in [3.05, 3.63) is 36.0 Å². The molecule has 2 N–H and O–H groups in total. The monoisotopic (exact) mass is 295 g/mol. The van der Waals surface area contributed by atoms with E-state index in [4.69, 9.17) is 0 Å². The van der Waals surface area contributed by atoms with Crippen LogP contribution in [0, 0.1) is 5.92 Å². The van der Waals surface area contributed by atoms with Gasteiger partial charge in [-0.3, -0.25) is 9.69 Å². The Balaban J connectivity index is 1.42. The molecule has 6 rings (SSSR count). The molecule has 0 unspecified atom stereocenters. The minimum atomic E-state index is 0.0847. The standard InChI is InChI=1S/C18H21N3O/c22-17(14-2-1-12-3-8-19-15(12)11-14)20-16-13-4-9-21(10-5-13)18(16)6-7-18/h1-3,8,11,13,16,19H,4-7,9-10H2,(H,20,22)/t16-/m0/s1. The van der Waals surface area contributed by atoms with Gasteiger partial charge >= 0.3 is 0 Å². The van der Waals surface area contributed by atoms with E-state index in [2.05, 4.69) is 15.2 Å². The third-order valence-corrected chi connectivity index (χ3v) is 6.09. The van der Waals surface area contributed by atoms with E-state index in [0.717, 1.165) is 16.5 Å². The molecule has 0 radical (unpaired) electrons. The number of hydrogen-bond acceptors (Lipinski definition) is 2. The van der Waals surface area contributed by atoms with Gasteiger partial charge in [-0.15, -0.1) is 0 Å². The van der Waals surface area contributed by atoms with Crippen LogP contribution in [0.1, 0.15) is 36.0 Å². The summed E-state index contributed by atoms with van der Waals surface area (Å²) in [5.74, 6) is 0.757. The van der Waals surface area contributed by atoms with Gasteiger partial charge in [-0.1, -0.05) is 6.07 Å². The summed E-state index contributed by atoms with van der Waals surface area (Å²) in [7, 11) is 0. The van der Waals surface area contributed by atoms with Crippen molar-refractivity contribution < 1.29 is 4.79 Å². The topological polar surface area (TPSA) is 48.1 Å². The predicted molar refractivity (Wildman–Crippen MR) is 85.8 cm³/mol. The van der Waals surface area contributed by atoms with Crippen molar-refractivity contribution in [1.82, 2.24) is 15.2 Å². The molecule has 2 bridgehead atoms. The van der Waals surface area contributed by atoms with Crippen LogP contribution in [0.3, 0.4) is 0 Å². The second-order valence-corrected chi connectivity index (χ2v) is 7.16. The summed E-state index contributed by atoms with van der Waals surface area (Å²) >= 11 is 0. The van der Waals surface area contributed by atoms with Crippen molar-refractivity contribution in [3.8, 4) is 0 Å².